The fourth-order valence-corrected chi connectivity index (χ4v) is 1.71. The number of ether oxygens (including phenoxy) is 1. The van der Waals surface area contributed by atoms with Crippen molar-refractivity contribution in [3.05, 3.63) is 29.8 Å². The summed E-state index contributed by atoms with van der Waals surface area (Å²) in [4.78, 5) is 24.5. The number of nitrogens with one attached hydrogen (secondary N) is 1. The highest BCUT2D eigenvalue weighted by atomic mass is 16.5. The zero-order valence-electron chi connectivity index (χ0n) is 9.60. The largest absolute Gasteiger partial charge is 0.462 e. The first-order valence-electron chi connectivity index (χ1n) is 5.55. The summed E-state index contributed by atoms with van der Waals surface area (Å²) in [5, 5.41) is 2.72. The van der Waals surface area contributed by atoms with Crippen molar-refractivity contribution in [2.24, 2.45) is 0 Å². The Morgan fingerprint density at radius 2 is 2.12 bits per heavy atom. The van der Waals surface area contributed by atoms with Gasteiger partial charge in [-0.3, -0.25) is 4.90 Å². The van der Waals surface area contributed by atoms with Crippen LogP contribution in [0.25, 0.3) is 0 Å². The van der Waals surface area contributed by atoms with E-state index in [1.165, 1.54) is 0 Å². The number of nitrogens with zero attached hydrogens (tertiary/aromatic N) is 1. The van der Waals surface area contributed by atoms with Gasteiger partial charge in [0.05, 0.1) is 12.2 Å². The third kappa shape index (κ3) is 2.38. The van der Waals surface area contributed by atoms with E-state index in [4.69, 9.17) is 4.74 Å². The summed E-state index contributed by atoms with van der Waals surface area (Å²) >= 11 is 0. The minimum Gasteiger partial charge on any atom is -0.462 e. The number of carbonyl (C=O) groups excluding carboxylic acids is 2. The number of rotatable bonds is 3. The summed E-state index contributed by atoms with van der Waals surface area (Å²) in [5.41, 5.74) is 1.28. The van der Waals surface area contributed by atoms with Crippen molar-refractivity contribution < 1.29 is 14.3 Å². The van der Waals surface area contributed by atoms with Gasteiger partial charge in [0, 0.05) is 18.8 Å². The van der Waals surface area contributed by atoms with E-state index in [0.717, 1.165) is 5.69 Å². The predicted octanol–water partition coefficient (Wildman–Crippen LogP) is 1.39. The van der Waals surface area contributed by atoms with E-state index in [0.29, 0.717) is 25.3 Å². The number of hydrogen-bond acceptors (Lipinski definition) is 3. The van der Waals surface area contributed by atoms with Crippen molar-refractivity contribution in [1.82, 2.24) is 5.32 Å². The molecule has 1 aromatic carbocycles. The van der Waals surface area contributed by atoms with Crippen LogP contribution >= 0.6 is 0 Å². The van der Waals surface area contributed by atoms with Gasteiger partial charge >= 0.3 is 12.0 Å². The number of benzene rings is 1. The first-order valence-corrected chi connectivity index (χ1v) is 5.55. The molecule has 1 N–H and O–H groups in total. The molecule has 0 radical (unpaired) electrons. The summed E-state index contributed by atoms with van der Waals surface area (Å²) in [5.74, 6) is -0.343. The third-order valence-electron chi connectivity index (χ3n) is 2.55. The summed E-state index contributed by atoms with van der Waals surface area (Å²) in [6, 6.07) is 6.72. The molecule has 2 rings (SSSR count). The zero-order valence-corrected chi connectivity index (χ0v) is 9.60. The van der Waals surface area contributed by atoms with Crippen LogP contribution in [0.2, 0.25) is 0 Å². The van der Waals surface area contributed by atoms with E-state index >= 15 is 0 Å². The third-order valence-corrected chi connectivity index (χ3v) is 2.55. The molecule has 0 atom stereocenters. The summed E-state index contributed by atoms with van der Waals surface area (Å²) < 4.78 is 4.88. The monoisotopic (exact) mass is 234 g/mol. The lowest BCUT2D eigenvalue weighted by atomic mass is 10.2. The molecule has 1 heterocycles. The summed E-state index contributed by atoms with van der Waals surface area (Å²) in [7, 11) is 0. The molecule has 0 aliphatic carbocycles. The average Bonchev–Trinajstić information content (AvgIpc) is 2.76. The number of hydrogen-bond donors (Lipinski definition) is 1. The van der Waals surface area contributed by atoms with Crippen LogP contribution in [0.3, 0.4) is 0 Å². The Balaban J connectivity index is 2.12. The Morgan fingerprint density at radius 3 is 2.65 bits per heavy atom. The van der Waals surface area contributed by atoms with Gasteiger partial charge in [0.25, 0.3) is 0 Å². The van der Waals surface area contributed by atoms with Crippen LogP contribution < -0.4 is 10.2 Å². The maximum Gasteiger partial charge on any atom is 0.338 e. The number of esters is 1. The van der Waals surface area contributed by atoms with Gasteiger partial charge < -0.3 is 10.1 Å². The minimum atomic E-state index is -0.343. The number of amides is 2. The van der Waals surface area contributed by atoms with E-state index in [-0.39, 0.29) is 12.0 Å². The number of carbonyl (C=O) groups is 2. The SMILES string of the molecule is CCOC(=O)c1ccc(N2CCNC2=O)cc1. The van der Waals surface area contributed by atoms with Crippen molar-refractivity contribution in [3.63, 3.8) is 0 Å². The van der Waals surface area contributed by atoms with Crippen LogP contribution in [0.1, 0.15) is 17.3 Å². The van der Waals surface area contributed by atoms with E-state index in [1.54, 1.807) is 36.1 Å². The Hall–Kier alpha value is -2.04. The van der Waals surface area contributed by atoms with Gasteiger partial charge in [-0.15, -0.1) is 0 Å². The lowest BCUT2D eigenvalue weighted by Crippen LogP contribution is -2.27. The first kappa shape index (κ1) is 11.4. The number of urea groups is 1. The van der Waals surface area contributed by atoms with E-state index in [2.05, 4.69) is 5.32 Å². The average molecular weight is 234 g/mol. The van der Waals surface area contributed by atoms with Crippen LogP contribution in [0.4, 0.5) is 10.5 Å². The van der Waals surface area contributed by atoms with Gasteiger partial charge in [0.2, 0.25) is 0 Å². The quantitative estimate of drug-likeness (QED) is 0.804. The van der Waals surface area contributed by atoms with Crippen molar-refractivity contribution in [3.8, 4) is 0 Å². The second kappa shape index (κ2) is 4.86. The Labute approximate surface area is 99.4 Å². The smallest absolute Gasteiger partial charge is 0.338 e. The van der Waals surface area contributed by atoms with Gasteiger partial charge in [-0.05, 0) is 31.2 Å². The fourth-order valence-electron chi connectivity index (χ4n) is 1.71. The number of anilines is 1. The molecule has 5 heteroatoms. The van der Waals surface area contributed by atoms with Crippen LogP contribution in [-0.4, -0.2) is 31.7 Å². The van der Waals surface area contributed by atoms with Crippen molar-refractivity contribution in [2.45, 2.75) is 6.92 Å². The zero-order chi connectivity index (χ0) is 12.3. The van der Waals surface area contributed by atoms with Crippen molar-refractivity contribution in [2.75, 3.05) is 24.6 Å². The summed E-state index contributed by atoms with van der Waals surface area (Å²) in [6.07, 6.45) is 0. The second-order valence-corrected chi connectivity index (χ2v) is 3.65. The molecule has 2 amide bonds. The lowest BCUT2D eigenvalue weighted by Gasteiger charge is -2.14. The van der Waals surface area contributed by atoms with Crippen LogP contribution in [0, 0.1) is 0 Å². The molecule has 17 heavy (non-hydrogen) atoms. The molecule has 0 spiro atoms. The van der Waals surface area contributed by atoms with Crippen LogP contribution in [0.5, 0.6) is 0 Å². The van der Waals surface area contributed by atoms with Gasteiger partial charge in [-0.1, -0.05) is 0 Å². The van der Waals surface area contributed by atoms with Gasteiger partial charge in [-0.2, -0.15) is 0 Å². The Morgan fingerprint density at radius 1 is 1.41 bits per heavy atom. The van der Waals surface area contributed by atoms with Gasteiger partial charge in [0.15, 0.2) is 0 Å². The molecule has 1 aliphatic heterocycles. The molecule has 1 aromatic rings. The lowest BCUT2D eigenvalue weighted by molar-refractivity contribution is 0.0526. The van der Waals surface area contributed by atoms with Crippen molar-refractivity contribution >= 4 is 17.7 Å². The first-order chi connectivity index (χ1) is 8.22. The van der Waals surface area contributed by atoms with Crippen LogP contribution in [-0.2, 0) is 4.74 Å². The van der Waals surface area contributed by atoms with E-state index in [9.17, 15) is 9.59 Å². The molecule has 5 nitrogen and oxygen atoms in total. The Kier molecular flexibility index (Phi) is 3.27. The molecular formula is C12H14N2O3. The van der Waals surface area contributed by atoms with Crippen LogP contribution in [0.15, 0.2) is 24.3 Å². The molecule has 1 saturated heterocycles. The maximum absolute atomic E-state index is 11.4. The molecule has 1 fully saturated rings. The predicted molar refractivity (Wildman–Crippen MR) is 63.1 cm³/mol. The standard InChI is InChI=1S/C12H14N2O3/c1-2-17-11(15)9-3-5-10(6-4-9)14-8-7-13-12(14)16/h3-6H,2,7-8H2,1H3,(H,13,16). The highest BCUT2D eigenvalue weighted by Gasteiger charge is 2.21. The van der Waals surface area contributed by atoms with Gasteiger partial charge in [-0.25, -0.2) is 9.59 Å². The second-order valence-electron chi connectivity index (χ2n) is 3.65. The molecule has 0 aromatic heterocycles. The van der Waals surface area contributed by atoms with Crippen molar-refractivity contribution in [1.29, 1.82) is 0 Å². The van der Waals surface area contributed by atoms with E-state index in [1.807, 2.05) is 0 Å². The highest BCUT2D eigenvalue weighted by molar-refractivity contribution is 5.95. The molecule has 90 valence electrons. The van der Waals surface area contributed by atoms with E-state index < -0.39 is 0 Å². The molecule has 0 bridgehead atoms. The normalized spacial score (nSPS) is 14.6. The fraction of sp³-hybridized carbons (Fsp3) is 0.333. The molecular weight excluding hydrogens is 220 g/mol. The Bertz CT molecular complexity index is 428. The topological polar surface area (TPSA) is 58.6 Å². The van der Waals surface area contributed by atoms with Gasteiger partial charge in [0.1, 0.15) is 0 Å². The maximum atomic E-state index is 11.4. The molecule has 0 saturated carbocycles. The summed E-state index contributed by atoms with van der Waals surface area (Å²) in [6.45, 7) is 3.42. The highest BCUT2D eigenvalue weighted by Crippen LogP contribution is 2.17. The minimum absolute atomic E-state index is 0.103. The molecule has 1 aliphatic rings. The molecule has 0 unspecified atom stereocenters.